The van der Waals surface area contributed by atoms with Gasteiger partial charge >= 0.3 is 0 Å². The van der Waals surface area contributed by atoms with Crippen molar-refractivity contribution >= 4 is 23.2 Å². The van der Waals surface area contributed by atoms with Gasteiger partial charge in [-0.1, -0.05) is 29.3 Å². The van der Waals surface area contributed by atoms with E-state index in [1.54, 1.807) is 12.1 Å². The van der Waals surface area contributed by atoms with Crippen molar-refractivity contribution in [3.63, 3.8) is 0 Å². The smallest absolute Gasteiger partial charge is 0.173 e. The van der Waals surface area contributed by atoms with Gasteiger partial charge in [0.05, 0.1) is 0 Å². The van der Waals surface area contributed by atoms with Gasteiger partial charge < -0.3 is 4.89 Å². The summed E-state index contributed by atoms with van der Waals surface area (Å²) in [5.74, 6) is 0.649. The fraction of sp³-hybridized carbons (Fsp3) is 0.0769. The second-order valence-corrected chi connectivity index (χ2v) is 4.66. The fourth-order valence-corrected chi connectivity index (χ4v) is 2.21. The Balaban J connectivity index is 2.28. The molecule has 0 fully saturated rings. The SMILES string of the molecule is Clc1ccc2c(c1)-c1cc(Cl)ccc1OOC2. The standard InChI is InChI=1S/C13H8Cl2O2/c14-9-2-1-8-7-16-17-13-4-3-10(15)6-12(13)11(8)5-9/h1-6H,7H2. The first-order valence-electron chi connectivity index (χ1n) is 5.12. The molecule has 2 nitrogen and oxygen atoms in total. The quantitative estimate of drug-likeness (QED) is 0.655. The van der Waals surface area contributed by atoms with E-state index in [4.69, 9.17) is 33.0 Å². The highest BCUT2D eigenvalue weighted by Crippen LogP contribution is 2.38. The highest BCUT2D eigenvalue weighted by Gasteiger charge is 2.17. The minimum Gasteiger partial charge on any atom is -0.337 e. The molecule has 1 aliphatic rings. The van der Waals surface area contributed by atoms with Gasteiger partial charge in [-0.15, -0.1) is 0 Å². The van der Waals surface area contributed by atoms with E-state index in [1.165, 1.54) is 0 Å². The van der Waals surface area contributed by atoms with E-state index in [-0.39, 0.29) is 0 Å². The van der Waals surface area contributed by atoms with E-state index < -0.39 is 0 Å². The van der Waals surface area contributed by atoms with Crippen LogP contribution in [0, 0.1) is 0 Å². The highest BCUT2D eigenvalue weighted by atomic mass is 35.5. The minimum absolute atomic E-state index is 0.388. The summed E-state index contributed by atoms with van der Waals surface area (Å²) in [4.78, 5) is 10.4. The van der Waals surface area contributed by atoms with Gasteiger partial charge in [-0.05, 0) is 41.5 Å². The molecule has 0 radical (unpaired) electrons. The number of halogens is 2. The van der Waals surface area contributed by atoms with Gasteiger partial charge in [0.2, 0.25) is 0 Å². The molecule has 2 aromatic carbocycles. The lowest BCUT2D eigenvalue weighted by Crippen LogP contribution is -1.94. The van der Waals surface area contributed by atoms with Crippen molar-refractivity contribution in [1.29, 1.82) is 0 Å². The molecule has 86 valence electrons. The van der Waals surface area contributed by atoms with E-state index in [9.17, 15) is 0 Å². The van der Waals surface area contributed by atoms with Gasteiger partial charge in [0.1, 0.15) is 6.61 Å². The topological polar surface area (TPSA) is 18.5 Å². The maximum absolute atomic E-state index is 6.02. The van der Waals surface area contributed by atoms with Crippen molar-refractivity contribution in [3.05, 3.63) is 52.0 Å². The van der Waals surface area contributed by atoms with E-state index in [0.717, 1.165) is 16.7 Å². The molecule has 4 heteroatoms. The van der Waals surface area contributed by atoms with Crippen LogP contribution in [0.1, 0.15) is 5.56 Å². The van der Waals surface area contributed by atoms with Crippen LogP contribution in [0.4, 0.5) is 0 Å². The zero-order valence-electron chi connectivity index (χ0n) is 8.74. The fourth-order valence-electron chi connectivity index (χ4n) is 1.87. The van der Waals surface area contributed by atoms with Crippen molar-refractivity contribution in [1.82, 2.24) is 0 Å². The third kappa shape index (κ3) is 2.00. The van der Waals surface area contributed by atoms with Crippen molar-refractivity contribution in [3.8, 4) is 16.9 Å². The van der Waals surface area contributed by atoms with Crippen LogP contribution in [0.2, 0.25) is 10.0 Å². The zero-order chi connectivity index (χ0) is 11.8. The monoisotopic (exact) mass is 266 g/mol. The molecule has 0 saturated carbocycles. The van der Waals surface area contributed by atoms with Crippen LogP contribution in [0.3, 0.4) is 0 Å². The average Bonchev–Trinajstić information content (AvgIpc) is 2.48. The molecule has 0 atom stereocenters. The van der Waals surface area contributed by atoms with E-state index in [2.05, 4.69) is 0 Å². The highest BCUT2D eigenvalue weighted by molar-refractivity contribution is 6.31. The molecule has 3 rings (SSSR count). The van der Waals surface area contributed by atoms with Crippen molar-refractivity contribution in [2.75, 3.05) is 0 Å². The first-order chi connectivity index (χ1) is 8.24. The molecule has 0 amide bonds. The second-order valence-electron chi connectivity index (χ2n) is 3.79. The van der Waals surface area contributed by atoms with E-state index in [0.29, 0.717) is 22.4 Å². The summed E-state index contributed by atoms with van der Waals surface area (Å²) in [6.45, 7) is 0.388. The summed E-state index contributed by atoms with van der Waals surface area (Å²) in [5, 5.41) is 1.33. The Morgan fingerprint density at radius 2 is 1.59 bits per heavy atom. The molecular formula is C13H8Cl2O2. The molecule has 0 unspecified atom stereocenters. The minimum atomic E-state index is 0.388. The van der Waals surface area contributed by atoms with Crippen LogP contribution < -0.4 is 4.89 Å². The molecule has 1 heterocycles. The maximum Gasteiger partial charge on any atom is 0.173 e. The van der Waals surface area contributed by atoms with Gasteiger partial charge in [0.25, 0.3) is 0 Å². The molecule has 0 saturated heterocycles. The Labute approximate surface area is 109 Å². The van der Waals surface area contributed by atoms with Gasteiger partial charge in [-0.3, -0.25) is 0 Å². The Bertz CT molecular complexity index is 530. The molecule has 0 aromatic heterocycles. The van der Waals surface area contributed by atoms with Crippen LogP contribution >= 0.6 is 23.2 Å². The lowest BCUT2D eigenvalue weighted by Gasteiger charge is -2.07. The second kappa shape index (κ2) is 4.22. The maximum atomic E-state index is 6.02. The van der Waals surface area contributed by atoms with Crippen LogP contribution in [0.15, 0.2) is 36.4 Å². The molecule has 17 heavy (non-hydrogen) atoms. The van der Waals surface area contributed by atoms with Gasteiger partial charge in [0, 0.05) is 15.6 Å². The summed E-state index contributed by atoms with van der Waals surface area (Å²) in [6.07, 6.45) is 0. The lowest BCUT2D eigenvalue weighted by molar-refractivity contribution is -0.215. The van der Waals surface area contributed by atoms with Crippen LogP contribution in [0.25, 0.3) is 11.1 Å². The Morgan fingerprint density at radius 1 is 0.882 bits per heavy atom. The largest absolute Gasteiger partial charge is 0.337 e. The van der Waals surface area contributed by atoms with Crippen molar-refractivity contribution in [2.24, 2.45) is 0 Å². The molecule has 0 aliphatic carbocycles. The van der Waals surface area contributed by atoms with Gasteiger partial charge in [0.15, 0.2) is 5.75 Å². The van der Waals surface area contributed by atoms with E-state index >= 15 is 0 Å². The molecule has 0 bridgehead atoms. The predicted molar refractivity (Wildman–Crippen MR) is 67.3 cm³/mol. The Kier molecular flexibility index (Phi) is 2.71. The summed E-state index contributed by atoms with van der Waals surface area (Å²) in [6, 6.07) is 11.0. The molecular weight excluding hydrogens is 259 g/mol. The van der Waals surface area contributed by atoms with E-state index in [1.807, 2.05) is 24.3 Å². The Hall–Kier alpha value is -1.22. The first-order valence-corrected chi connectivity index (χ1v) is 5.87. The summed E-state index contributed by atoms with van der Waals surface area (Å²) in [5.41, 5.74) is 2.91. The normalized spacial score (nSPS) is 13.3. The summed E-state index contributed by atoms with van der Waals surface area (Å²) >= 11 is 12.0. The molecule has 0 spiro atoms. The zero-order valence-corrected chi connectivity index (χ0v) is 10.3. The number of hydrogen-bond donors (Lipinski definition) is 0. The summed E-state index contributed by atoms with van der Waals surface area (Å²) in [7, 11) is 0. The number of hydrogen-bond acceptors (Lipinski definition) is 2. The Morgan fingerprint density at radius 3 is 2.41 bits per heavy atom. The van der Waals surface area contributed by atoms with Crippen LogP contribution in [-0.4, -0.2) is 0 Å². The third-order valence-electron chi connectivity index (χ3n) is 2.67. The van der Waals surface area contributed by atoms with Gasteiger partial charge in [-0.2, -0.15) is 4.89 Å². The molecule has 2 aromatic rings. The number of fused-ring (bicyclic) bond motifs is 3. The van der Waals surface area contributed by atoms with Crippen LogP contribution in [0.5, 0.6) is 5.75 Å². The predicted octanol–water partition coefficient (Wildman–Crippen LogP) is 4.48. The molecule has 0 N–H and O–H groups in total. The first kappa shape index (κ1) is 10.9. The molecule has 1 aliphatic heterocycles. The number of benzene rings is 2. The average molecular weight is 267 g/mol. The van der Waals surface area contributed by atoms with Crippen molar-refractivity contribution < 1.29 is 9.78 Å². The summed E-state index contributed by atoms with van der Waals surface area (Å²) < 4.78 is 0. The van der Waals surface area contributed by atoms with Gasteiger partial charge in [-0.25, -0.2) is 0 Å². The van der Waals surface area contributed by atoms with Crippen LogP contribution in [-0.2, 0) is 11.5 Å². The van der Waals surface area contributed by atoms with Crippen molar-refractivity contribution in [2.45, 2.75) is 6.61 Å². The lowest BCUT2D eigenvalue weighted by atomic mass is 9.99. The third-order valence-corrected chi connectivity index (χ3v) is 3.14. The number of rotatable bonds is 0.